The summed E-state index contributed by atoms with van der Waals surface area (Å²) in [5, 5.41) is 17.2. The minimum Gasteiger partial charge on any atom is -0.363 e. The Labute approximate surface area is 167 Å². The summed E-state index contributed by atoms with van der Waals surface area (Å²) < 4.78 is 0. The number of aryl methyl sites for hydroxylation is 1. The van der Waals surface area contributed by atoms with Crippen molar-refractivity contribution in [2.45, 2.75) is 39.5 Å². The third-order valence-corrected chi connectivity index (χ3v) is 4.81. The molecule has 1 aromatic carbocycles. The average Bonchev–Trinajstić information content (AvgIpc) is 2.69. The molecule has 0 fully saturated rings. The van der Waals surface area contributed by atoms with Gasteiger partial charge in [0.2, 0.25) is 0 Å². The van der Waals surface area contributed by atoms with Gasteiger partial charge in [0, 0.05) is 30.8 Å². The van der Waals surface area contributed by atoms with Gasteiger partial charge in [0.25, 0.3) is 0 Å². The minimum atomic E-state index is 0.242. The highest BCUT2D eigenvalue weighted by Crippen LogP contribution is 2.28. The van der Waals surface area contributed by atoms with Gasteiger partial charge in [-0.15, -0.1) is 5.59 Å². The molecule has 2 rings (SSSR count). The van der Waals surface area contributed by atoms with E-state index in [4.69, 9.17) is 22.5 Å². The van der Waals surface area contributed by atoms with Crippen LogP contribution >= 0.6 is 12.2 Å². The van der Waals surface area contributed by atoms with Gasteiger partial charge in [-0.3, -0.25) is 9.85 Å². The van der Waals surface area contributed by atoms with E-state index in [0.29, 0.717) is 10.8 Å². The lowest BCUT2D eigenvalue weighted by molar-refractivity contribution is 0.0330. The number of thiocarbonyl (C=S) groups is 1. The van der Waals surface area contributed by atoms with Gasteiger partial charge in [-0.1, -0.05) is 30.7 Å². The number of hydrogen-bond donors (Lipinski definition) is 4. The summed E-state index contributed by atoms with van der Waals surface area (Å²) in [7, 11) is 1.88. The maximum atomic E-state index is 8.72. The molecule has 0 bridgehead atoms. The maximum Gasteiger partial charge on any atom is 0.168 e. The van der Waals surface area contributed by atoms with Gasteiger partial charge in [-0.2, -0.15) is 0 Å². The number of benzene rings is 1. The molecule has 6 nitrogen and oxygen atoms in total. The second-order valence-corrected chi connectivity index (χ2v) is 7.20. The molecule has 148 valence electrons. The highest BCUT2D eigenvalue weighted by Gasteiger charge is 2.20. The van der Waals surface area contributed by atoms with Gasteiger partial charge >= 0.3 is 0 Å². The Kier molecular flexibility index (Phi) is 8.71. The predicted octanol–water partition coefficient (Wildman–Crippen LogP) is 3.42. The van der Waals surface area contributed by atoms with Crippen LogP contribution in [0.1, 0.15) is 43.7 Å². The number of nitrogens with zero attached hydrogens (tertiary/aromatic N) is 1. The molecule has 1 aliphatic carbocycles. The van der Waals surface area contributed by atoms with Crippen LogP contribution in [0, 0.1) is 18.3 Å². The van der Waals surface area contributed by atoms with E-state index >= 15 is 0 Å². The fraction of sp³-hybridized carbons (Fsp3) is 0.500. The van der Waals surface area contributed by atoms with Crippen molar-refractivity contribution in [2.24, 2.45) is 5.92 Å². The molecule has 0 saturated heterocycles. The van der Waals surface area contributed by atoms with E-state index in [9.17, 15) is 0 Å². The van der Waals surface area contributed by atoms with Crippen molar-refractivity contribution in [3.8, 4) is 0 Å². The van der Waals surface area contributed by atoms with Gasteiger partial charge in [0.05, 0.1) is 5.69 Å². The SMILES string of the molecule is CCCNC(=S)NCONN(C)c1ccc(C)cc1C(=N)C1CC=CCC1. The topological polar surface area (TPSA) is 72.4 Å². The Morgan fingerprint density at radius 1 is 1.33 bits per heavy atom. The molecule has 4 N–H and O–H groups in total. The van der Waals surface area contributed by atoms with Gasteiger partial charge < -0.3 is 16.0 Å². The molecule has 27 heavy (non-hydrogen) atoms. The molecule has 0 aromatic heterocycles. The third-order valence-electron chi connectivity index (χ3n) is 4.52. The van der Waals surface area contributed by atoms with Crippen LogP contribution in [0.5, 0.6) is 0 Å². The van der Waals surface area contributed by atoms with Crippen LogP contribution in [-0.2, 0) is 4.84 Å². The predicted molar refractivity (Wildman–Crippen MR) is 116 cm³/mol. The van der Waals surface area contributed by atoms with Crippen LogP contribution in [0.25, 0.3) is 0 Å². The van der Waals surface area contributed by atoms with Crippen LogP contribution in [0.2, 0.25) is 0 Å². The van der Waals surface area contributed by atoms with Crippen LogP contribution in [0.3, 0.4) is 0 Å². The highest BCUT2D eigenvalue weighted by molar-refractivity contribution is 7.80. The smallest absolute Gasteiger partial charge is 0.168 e. The monoisotopic (exact) mass is 389 g/mol. The molecule has 1 atom stereocenters. The number of anilines is 1. The van der Waals surface area contributed by atoms with Crippen LogP contribution in [0.15, 0.2) is 30.4 Å². The van der Waals surface area contributed by atoms with Crippen molar-refractivity contribution in [1.82, 2.24) is 16.2 Å². The summed E-state index contributed by atoms with van der Waals surface area (Å²) >= 11 is 5.16. The summed E-state index contributed by atoms with van der Waals surface area (Å²) in [6.45, 7) is 5.22. The second kappa shape index (κ2) is 11.0. The normalized spacial score (nSPS) is 16.0. The molecule has 1 aliphatic rings. The number of rotatable bonds is 9. The summed E-state index contributed by atoms with van der Waals surface area (Å²) in [5.74, 6) is 0.272. The van der Waals surface area contributed by atoms with Crippen molar-refractivity contribution in [1.29, 1.82) is 5.41 Å². The van der Waals surface area contributed by atoms with Crippen LogP contribution < -0.4 is 21.2 Å². The first-order valence-electron chi connectivity index (χ1n) is 9.50. The minimum absolute atomic E-state index is 0.242. The molecule has 0 saturated carbocycles. The zero-order valence-corrected chi connectivity index (χ0v) is 17.3. The van der Waals surface area contributed by atoms with E-state index < -0.39 is 0 Å². The standard InChI is InChI=1S/C20H31N5OS/c1-4-12-22-20(27)23-14-26-24-25(3)18-11-10-15(2)13-17(18)19(21)16-8-6-5-7-9-16/h5-6,10-11,13,16,21,24H,4,7-9,12,14H2,1-3H3,(H2,22,23,27). The largest absolute Gasteiger partial charge is 0.363 e. The third kappa shape index (κ3) is 6.61. The van der Waals surface area contributed by atoms with Gasteiger partial charge in [0.1, 0.15) is 6.73 Å². The number of hydrogen-bond acceptors (Lipinski definition) is 5. The van der Waals surface area contributed by atoms with E-state index in [2.05, 4.69) is 48.3 Å². The van der Waals surface area contributed by atoms with Crippen molar-refractivity contribution in [2.75, 3.05) is 25.3 Å². The number of allylic oxidation sites excluding steroid dienone is 2. The maximum absolute atomic E-state index is 8.72. The summed E-state index contributed by atoms with van der Waals surface area (Å²) in [6.07, 6.45) is 8.42. The molecule has 0 amide bonds. The quantitative estimate of drug-likeness (QED) is 0.130. The molecule has 0 heterocycles. The Bertz CT molecular complexity index is 676. The molecule has 1 aromatic rings. The molecular formula is C20H31N5OS. The zero-order chi connectivity index (χ0) is 19.6. The first kappa shape index (κ1) is 21.3. The van der Waals surface area contributed by atoms with Gasteiger partial charge in [0.15, 0.2) is 5.11 Å². The van der Waals surface area contributed by atoms with E-state index in [1.807, 2.05) is 19.2 Å². The summed E-state index contributed by atoms with van der Waals surface area (Å²) in [4.78, 5) is 5.47. The molecule has 0 radical (unpaired) electrons. The van der Waals surface area contributed by atoms with Gasteiger partial charge in [-0.25, -0.2) is 0 Å². The molecular weight excluding hydrogens is 358 g/mol. The first-order valence-corrected chi connectivity index (χ1v) is 9.91. The zero-order valence-electron chi connectivity index (χ0n) is 16.5. The Balaban J connectivity index is 1.95. The van der Waals surface area contributed by atoms with Crippen molar-refractivity contribution < 1.29 is 4.84 Å². The molecule has 7 heteroatoms. The summed E-state index contributed by atoms with van der Waals surface area (Å²) in [6, 6.07) is 6.15. The Morgan fingerprint density at radius 3 is 2.85 bits per heavy atom. The highest BCUT2D eigenvalue weighted by atomic mass is 32.1. The fourth-order valence-corrected chi connectivity index (χ4v) is 3.18. The molecule has 1 unspecified atom stereocenters. The average molecular weight is 390 g/mol. The molecule has 0 aliphatic heterocycles. The lowest BCUT2D eigenvalue weighted by Crippen LogP contribution is -2.42. The fourth-order valence-electron chi connectivity index (χ4n) is 3.01. The van der Waals surface area contributed by atoms with Crippen molar-refractivity contribution in [3.05, 3.63) is 41.5 Å². The van der Waals surface area contributed by atoms with Crippen molar-refractivity contribution >= 4 is 28.7 Å². The Morgan fingerprint density at radius 2 is 2.15 bits per heavy atom. The van der Waals surface area contributed by atoms with E-state index in [1.165, 1.54) is 0 Å². The van der Waals surface area contributed by atoms with Crippen molar-refractivity contribution in [3.63, 3.8) is 0 Å². The van der Waals surface area contributed by atoms with E-state index in [-0.39, 0.29) is 12.6 Å². The first-order chi connectivity index (χ1) is 13.0. The van der Waals surface area contributed by atoms with E-state index in [0.717, 1.165) is 49.0 Å². The van der Waals surface area contributed by atoms with Gasteiger partial charge in [-0.05, 0) is 57.0 Å². The van der Waals surface area contributed by atoms with Crippen LogP contribution in [0.4, 0.5) is 5.69 Å². The second-order valence-electron chi connectivity index (χ2n) is 6.79. The number of nitrogens with one attached hydrogen (secondary N) is 4. The lowest BCUT2D eigenvalue weighted by Gasteiger charge is -2.26. The molecule has 0 spiro atoms. The lowest BCUT2D eigenvalue weighted by atomic mass is 9.86. The summed E-state index contributed by atoms with van der Waals surface area (Å²) in [5.41, 5.74) is 6.61. The van der Waals surface area contributed by atoms with E-state index in [1.54, 1.807) is 5.01 Å². The Hall–Kier alpha value is -1.96. The number of hydrazine groups is 1. The van der Waals surface area contributed by atoms with Crippen LogP contribution in [-0.4, -0.2) is 31.1 Å².